The average Bonchev–Trinajstić information content (AvgIpc) is 3.20. The Bertz CT molecular complexity index is 1290. The van der Waals surface area contributed by atoms with Crippen molar-refractivity contribution in [3.8, 4) is 0 Å². The topological polar surface area (TPSA) is 106 Å². The number of sulfonamides is 1. The molecule has 0 unspecified atom stereocenters. The summed E-state index contributed by atoms with van der Waals surface area (Å²) in [5, 5.41) is 4.47. The summed E-state index contributed by atoms with van der Waals surface area (Å²) in [7, 11) is -3.81. The van der Waals surface area contributed by atoms with Gasteiger partial charge in [0, 0.05) is 38.0 Å². The second kappa shape index (κ2) is 9.40. The van der Waals surface area contributed by atoms with Crippen LogP contribution in [0.3, 0.4) is 0 Å². The van der Waals surface area contributed by atoms with Gasteiger partial charge in [0.25, 0.3) is 0 Å². The molecule has 3 aromatic rings. The SMILES string of the molecule is CCCS(=O)(=O)Nc1ccc(F)c(C(=O)Cc2cnc3cc(N4CCOCC4)nn3c2)c1F. The van der Waals surface area contributed by atoms with Gasteiger partial charge in [0.1, 0.15) is 5.82 Å². The number of rotatable bonds is 8. The van der Waals surface area contributed by atoms with Crippen LogP contribution in [0.5, 0.6) is 0 Å². The maximum atomic E-state index is 14.9. The van der Waals surface area contributed by atoms with E-state index in [1.54, 1.807) is 13.1 Å². The van der Waals surface area contributed by atoms with E-state index in [9.17, 15) is 22.0 Å². The number of carbonyl (C=O) groups is 1. The van der Waals surface area contributed by atoms with E-state index in [1.165, 1.54) is 10.7 Å². The Kier molecular flexibility index (Phi) is 6.56. The van der Waals surface area contributed by atoms with Crippen LogP contribution in [-0.4, -0.2) is 60.9 Å². The Morgan fingerprint density at radius 3 is 2.73 bits per heavy atom. The van der Waals surface area contributed by atoms with Crippen molar-refractivity contribution >= 4 is 33.0 Å². The van der Waals surface area contributed by atoms with Crippen LogP contribution >= 0.6 is 0 Å². The monoisotopic (exact) mass is 479 g/mol. The Labute approximate surface area is 189 Å². The number of benzene rings is 1. The number of ketones is 1. The van der Waals surface area contributed by atoms with Crippen LogP contribution in [0.15, 0.2) is 30.6 Å². The summed E-state index contributed by atoms with van der Waals surface area (Å²) in [6.45, 7) is 4.26. The van der Waals surface area contributed by atoms with Crippen molar-refractivity contribution in [3.05, 3.63) is 53.4 Å². The highest BCUT2D eigenvalue weighted by Gasteiger charge is 2.23. The molecule has 1 N–H and O–H groups in total. The van der Waals surface area contributed by atoms with Gasteiger partial charge in [0.15, 0.2) is 23.1 Å². The van der Waals surface area contributed by atoms with Gasteiger partial charge in [-0.2, -0.15) is 0 Å². The largest absolute Gasteiger partial charge is 0.378 e. The molecule has 33 heavy (non-hydrogen) atoms. The molecule has 1 aromatic carbocycles. The van der Waals surface area contributed by atoms with Gasteiger partial charge in [-0.3, -0.25) is 9.52 Å². The summed E-state index contributed by atoms with van der Waals surface area (Å²) >= 11 is 0. The maximum Gasteiger partial charge on any atom is 0.232 e. The summed E-state index contributed by atoms with van der Waals surface area (Å²) < 4.78 is 62.1. The number of hydrogen-bond donors (Lipinski definition) is 1. The molecular weight excluding hydrogens is 456 g/mol. The van der Waals surface area contributed by atoms with Gasteiger partial charge in [-0.1, -0.05) is 6.92 Å². The second-order valence-corrected chi connectivity index (χ2v) is 9.51. The third kappa shape index (κ3) is 5.11. The van der Waals surface area contributed by atoms with Gasteiger partial charge in [-0.15, -0.1) is 5.10 Å². The minimum atomic E-state index is -3.81. The van der Waals surface area contributed by atoms with E-state index < -0.39 is 38.7 Å². The van der Waals surface area contributed by atoms with Gasteiger partial charge in [0.2, 0.25) is 10.0 Å². The number of ether oxygens (including phenoxy) is 1. The maximum absolute atomic E-state index is 14.9. The lowest BCUT2D eigenvalue weighted by Crippen LogP contribution is -2.36. The molecular formula is C21H23F2N5O4S. The van der Waals surface area contributed by atoms with Crippen molar-refractivity contribution in [2.75, 3.05) is 41.7 Å². The van der Waals surface area contributed by atoms with Crippen LogP contribution in [0, 0.1) is 11.6 Å². The molecule has 1 aliphatic rings. The Morgan fingerprint density at radius 2 is 2.00 bits per heavy atom. The highest BCUT2D eigenvalue weighted by molar-refractivity contribution is 7.92. The van der Waals surface area contributed by atoms with Crippen LogP contribution in [0.4, 0.5) is 20.3 Å². The quantitative estimate of drug-likeness (QED) is 0.495. The van der Waals surface area contributed by atoms with E-state index in [0.29, 0.717) is 43.9 Å². The minimum absolute atomic E-state index is 0.227. The number of aromatic nitrogens is 3. The fourth-order valence-corrected chi connectivity index (χ4v) is 4.72. The molecule has 0 aliphatic carbocycles. The van der Waals surface area contributed by atoms with Crippen molar-refractivity contribution in [2.24, 2.45) is 0 Å². The van der Waals surface area contributed by atoms with Crippen molar-refractivity contribution in [2.45, 2.75) is 19.8 Å². The number of hydrogen-bond acceptors (Lipinski definition) is 7. The molecule has 12 heteroatoms. The van der Waals surface area contributed by atoms with Gasteiger partial charge in [-0.05, 0) is 24.1 Å². The van der Waals surface area contributed by atoms with Gasteiger partial charge < -0.3 is 9.64 Å². The molecule has 9 nitrogen and oxygen atoms in total. The van der Waals surface area contributed by atoms with E-state index in [2.05, 4.69) is 19.7 Å². The molecule has 3 heterocycles. The van der Waals surface area contributed by atoms with Crippen molar-refractivity contribution < 1.29 is 26.7 Å². The first-order valence-electron chi connectivity index (χ1n) is 10.5. The Balaban J connectivity index is 1.56. The van der Waals surface area contributed by atoms with E-state index in [4.69, 9.17) is 4.74 Å². The van der Waals surface area contributed by atoms with E-state index >= 15 is 0 Å². The summed E-state index contributed by atoms with van der Waals surface area (Å²) in [6.07, 6.45) is 3.00. The van der Waals surface area contributed by atoms with Gasteiger partial charge in [0.05, 0.1) is 30.2 Å². The molecule has 2 aromatic heterocycles. The zero-order valence-corrected chi connectivity index (χ0v) is 18.7. The number of halogens is 2. The first kappa shape index (κ1) is 23.1. The Hall–Kier alpha value is -3.12. The minimum Gasteiger partial charge on any atom is -0.378 e. The molecule has 1 fully saturated rings. The lowest BCUT2D eigenvalue weighted by Gasteiger charge is -2.26. The number of morpholine rings is 1. The molecule has 0 amide bonds. The predicted molar refractivity (Wildman–Crippen MR) is 118 cm³/mol. The van der Waals surface area contributed by atoms with Crippen LogP contribution in [-0.2, 0) is 21.2 Å². The van der Waals surface area contributed by atoms with Crippen LogP contribution in [0.25, 0.3) is 5.65 Å². The number of fused-ring (bicyclic) bond motifs is 1. The summed E-state index contributed by atoms with van der Waals surface area (Å²) in [4.78, 5) is 19.1. The standard InChI is InChI=1S/C21H23F2N5O4S/c1-2-9-33(30,31)26-16-4-3-15(22)20(21(16)23)17(29)10-14-12-24-18-11-19(25-28(18)13-14)27-5-7-32-8-6-27/h3-4,11-13,26H,2,5-10H2,1H3. The first-order valence-corrected chi connectivity index (χ1v) is 12.1. The van der Waals surface area contributed by atoms with Crippen molar-refractivity contribution in [1.82, 2.24) is 14.6 Å². The normalized spacial score (nSPS) is 14.6. The zero-order chi connectivity index (χ0) is 23.6. The van der Waals surface area contributed by atoms with E-state index in [1.807, 2.05) is 6.07 Å². The molecule has 4 rings (SSSR count). The zero-order valence-electron chi connectivity index (χ0n) is 17.9. The van der Waals surface area contributed by atoms with Crippen molar-refractivity contribution in [3.63, 3.8) is 0 Å². The number of carbonyl (C=O) groups excluding carboxylic acids is 1. The smallest absolute Gasteiger partial charge is 0.232 e. The molecule has 0 bridgehead atoms. The van der Waals surface area contributed by atoms with E-state index in [0.717, 1.165) is 18.0 Å². The third-order valence-corrected chi connectivity index (χ3v) is 6.64. The van der Waals surface area contributed by atoms with Crippen LogP contribution in [0.1, 0.15) is 29.3 Å². The number of nitrogens with zero attached hydrogens (tertiary/aromatic N) is 4. The lowest BCUT2D eigenvalue weighted by molar-refractivity contribution is 0.0984. The fourth-order valence-electron chi connectivity index (χ4n) is 3.59. The lowest BCUT2D eigenvalue weighted by atomic mass is 10.0. The highest BCUT2D eigenvalue weighted by atomic mass is 32.2. The molecule has 1 aliphatic heterocycles. The van der Waals surface area contributed by atoms with E-state index in [-0.39, 0.29) is 12.2 Å². The molecule has 1 saturated heterocycles. The van der Waals surface area contributed by atoms with Crippen LogP contribution in [0.2, 0.25) is 0 Å². The molecule has 0 radical (unpaired) electrons. The third-order valence-electron chi connectivity index (χ3n) is 5.16. The van der Waals surface area contributed by atoms with Gasteiger partial charge >= 0.3 is 0 Å². The fraction of sp³-hybridized carbons (Fsp3) is 0.381. The molecule has 176 valence electrons. The predicted octanol–water partition coefficient (Wildman–Crippen LogP) is 2.42. The number of anilines is 2. The molecule has 0 saturated carbocycles. The molecule has 0 spiro atoms. The summed E-state index contributed by atoms with van der Waals surface area (Å²) in [5.41, 5.74) is -0.303. The molecule has 0 atom stereocenters. The number of nitrogens with one attached hydrogen (secondary N) is 1. The summed E-state index contributed by atoms with van der Waals surface area (Å²) in [5.74, 6) is -2.67. The Morgan fingerprint density at radius 1 is 1.24 bits per heavy atom. The average molecular weight is 480 g/mol. The van der Waals surface area contributed by atoms with Crippen molar-refractivity contribution in [1.29, 1.82) is 0 Å². The first-order chi connectivity index (χ1) is 15.8. The number of Topliss-reactive ketones (excluding diaryl/α,β-unsaturated/α-hetero) is 1. The second-order valence-electron chi connectivity index (χ2n) is 7.67. The van der Waals surface area contributed by atoms with Gasteiger partial charge in [-0.25, -0.2) is 26.7 Å². The van der Waals surface area contributed by atoms with Crippen LogP contribution < -0.4 is 9.62 Å². The summed E-state index contributed by atoms with van der Waals surface area (Å²) in [6, 6.07) is 3.63. The highest BCUT2D eigenvalue weighted by Crippen LogP contribution is 2.24.